The lowest BCUT2D eigenvalue weighted by atomic mass is 10.1. The number of carbonyl (C=O) groups excluding carboxylic acids is 1. The molecule has 1 saturated heterocycles. The Morgan fingerprint density at radius 3 is 2.55 bits per heavy atom. The van der Waals surface area contributed by atoms with Crippen LogP contribution in [0.25, 0.3) is 0 Å². The number of amides is 1. The van der Waals surface area contributed by atoms with Crippen LogP contribution in [0.5, 0.6) is 0 Å². The van der Waals surface area contributed by atoms with Gasteiger partial charge in [0.25, 0.3) is 5.91 Å². The van der Waals surface area contributed by atoms with Crippen LogP contribution >= 0.6 is 0 Å². The van der Waals surface area contributed by atoms with E-state index in [2.05, 4.69) is 15.0 Å². The molecule has 0 N–H and O–H groups in total. The van der Waals surface area contributed by atoms with Crippen LogP contribution in [0.1, 0.15) is 21.5 Å². The molecule has 0 atom stereocenters. The average molecular weight is 448 g/mol. The second-order valence-electron chi connectivity index (χ2n) is 7.99. The van der Waals surface area contributed by atoms with Crippen molar-refractivity contribution in [2.24, 2.45) is 4.99 Å². The molecule has 2 aromatic carbocycles. The second kappa shape index (κ2) is 8.93. The molecule has 3 heterocycles. The van der Waals surface area contributed by atoms with Crippen LogP contribution in [0.4, 0.5) is 20.4 Å². The number of fused-ring (bicyclic) bond motifs is 1. The largest absolute Gasteiger partial charge is 0.347 e. The fraction of sp³-hybridized carbons (Fsp3) is 0.250. The highest BCUT2D eigenvalue weighted by atomic mass is 19.1. The van der Waals surface area contributed by atoms with Gasteiger partial charge in [0.2, 0.25) is 5.95 Å². The summed E-state index contributed by atoms with van der Waals surface area (Å²) < 4.78 is 28.2. The predicted octanol–water partition coefficient (Wildman–Crippen LogP) is 3.11. The standard InChI is InChI=1S/C24H22F2N6O/c25-20-3-5-22-18(13-20)14-27-16-32(22)15-19-12-17(2-4-21(19)26)23(33)30-8-10-31(11-9-30)24-28-6-1-7-29-24/h1-7,12-14H,8-11,15-16H2. The fourth-order valence-corrected chi connectivity index (χ4v) is 4.15. The van der Waals surface area contributed by atoms with Gasteiger partial charge in [-0.3, -0.25) is 9.79 Å². The smallest absolute Gasteiger partial charge is 0.253 e. The van der Waals surface area contributed by atoms with E-state index < -0.39 is 5.82 Å². The topological polar surface area (TPSA) is 64.9 Å². The maximum absolute atomic E-state index is 14.6. The molecule has 0 radical (unpaired) electrons. The summed E-state index contributed by atoms with van der Waals surface area (Å²) in [5, 5.41) is 0. The Hall–Kier alpha value is -3.88. The Morgan fingerprint density at radius 2 is 1.76 bits per heavy atom. The van der Waals surface area contributed by atoms with Crippen molar-refractivity contribution < 1.29 is 13.6 Å². The normalized spacial score (nSPS) is 15.5. The number of rotatable bonds is 4. The number of hydrogen-bond donors (Lipinski definition) is 0. The molecule has 0 saturated carbocycles. The summed E-state index contributed by atoms with van der Waals surface area (Å²) in [5.41, 5.74) is 2.26. The fourth-order valence-electron chi connectivity index (χ4n) is 4.15. The minimum absolute atomic E-state index is 0.135. The van der Waals surface area contributed by atoms with Crippen molar-refractivity contribution >= 4 is 23.8 Å². The van der Waals surface area contributed by atoms with E-state index in [1.54, 1.807) is 41.7 Å². The van der Waals surface area contributed by atoms with Crippen LogP contribution in [0.15, 0.2) is 59.9 Å². The number of nitrogens with zero attached hydrogens (tertiary/aromatic N) is 6. The Labute approximate surface area is 190 Å². The molecular weight excluding hydrogens is 426 g/mol. The van der Waals surface area contributed by atoms with Crippen molar-refractivity contribution in [1.82, 2.24) is 14.9 Å². The summed E-state index contributed by atoms with van der Waals surface area (Å²) in [6.45, 7) is 2.88. The molecule has 0 aliphatic carbocycles. The quantitative estimate of drug-likeness (QED) is 0.614. The zero-order chi connectivity index (χ0) is 22.8. The van der Waals surface area contributed by atoms with Crippen LogP contribution in [0, 0.1) is 11.6 Å². The Bertz CT molecular complexity index is 1190. The SMILES string of the molecule is O=C(c1ccc(F)c(CN2CN=Cc3cc(F)ccc32)c1)N1CCN(c2ncccn2)CC1. The van der Waals surface area contributed by atoms with E-state index in [9.17, 15) is 13.6 Å². The molecule has 0 spiro atoms. The molecule has 0 unspecified atom stereocenters. The van der Waals surface area contributed by atoms with Gasteiger partial charge in [-0.05, 0) is 42.5 Å². The molecule has 2 aliphatic rings. The first-order valence-electron chi connectivity index (χ1n) is 10.7. The van der Waals surface area contributed by atoms with E-state index in [0.29, 0.717) is 55.5 Å². The van der Waals surface area contributed by atoms with Crippen molar-refractivity contribution in [3.63, 3.8) is 0 Å². The zero-order valence-electron chi connectivity index (χ0n) is 17.9. The van der Waals surface area contributed by atoms with E-state index in [1.165, 1.54) is 24.3 Å². The summed E-state index contributed by atoms with van der Waals surface area (Å²) >= 11 is 0. The number of aliphatic imine (C=N–C) groups is 1. The van der Waals surface area contributed by atoms with Crippen molar-refractivity contribution in [1.29, 1.82) is 0 Å². The third-order valence-corrected chi connectivity index (χ3v) is 5.87. The maximum atomic E-state index is 14.6. The minimum Gasteiger partial charge on any atom is -0.347 e. The lowest BCUT2D eigenvalue weighted by Gasteiger charge is -2.34. The molecular formula is C24H22F2N6O. The minimum atomic E-state index is -0.393. The maximum Gasteiger partial charge on any atom is 0.253 e. The summed E-state index contributed by atoms with van der Waals surface area (Å²) in [6, 6.07) is 10.7. The second-order valence-corrected chi connectivity index (χ2v) is 7.99. The molecule has 3 aromatic rings. The third-order valence-electron chi connectivity index (χ3n) is 5.87. The number of anilines is 2. The van der Waals surface area contributed by atoms with Crippen LogP contribution in [-0.4, -0.2) is 59.8 Å². The number of hydrogen-bond acceptors (Lipinski definition) is 6. The van der Waals surface area contributed by atoms with E-state index in [4.69, 9.17) is 0 Å². The third kappa shape index (κ3) is 4.39. The average Bonchev–Trinajstić information content (AvgIpc) is 2.85. The summed E-state index contributed by atoms with van der Waals surface area (Å²) in [5.74, 6) is -0.224. The molecule has 33 heavy (non-hydrogen) atoms. The first-order valence-corrected chi connectivity index (χ1v) is 10.7. The number of piperazine rings is 1. The van der Waals surface area contributed by atoms with E-state index in [0.717, 1.165) is 5.69 Å². The lowest BCUT2D eigenvalue weighted by molar-refractivity contribution is 0.0746. The van der Waals surface area contributed by atoms with E-state index >= 15 is 0 Å². The molecule has 1 aromatic heterocycles. The Balaban J connectivity index is 1.29. The molecule has 168 valence electrons. The number of aromatic nitrogens is 2. The van der Waals surface area contributed by atoms with Crippen molar-refractivity contribution in [3.8, 4) is 0 Å². The van der Waals surface area contributed by atoms with Gasteiger partial charge in [0.1, 0.15) is 18.3 Å². The number of halogens is 2. The predicted molar refractivity (Wildman–Crippen MR) is 122 cm³/mol. The summed E-state index contributed by atoms with van der Waals surface area (Å²) in [6.07, 6.45) is 5.01. The highest BCUT2D eigenvalue weighted by Gasteiger charge is 2.24. The van der Waals surface area contributed by atoms with Crippen LogP contribution in [0.2, 0.25) is 0 Å². The van der Waals surface area contributed by atoms with Gasteiger partial charge in [-0.1, -0.05) is 0 Å². The number of carbonyl (C=O) groups is 1. The first-order chi connectivity index (χ1) is 16.1. The molecule has 1 fully saturated rings. The zero-order valence-corrected chi connectivity index (χ0v) is 17.9. The van der Waals surface area contributed by atoms with Gasteiger partial charge in [-0.25, -0.2) is 18.7 Å². The van der Waals surface area contributed by atoms with Gasteiger partial charge in [0.05, 0.1) is 0 Å². The molecule has 7 nitrogen and oxygen atoms in total. The van der Waals surface area contributed by atoms with Gasteiger partial charge in [0.15, 0.2) is 0 Å². The molecule has 0 bridgehead atoms. The van der Waals surface area contributed by atoms with Gasteiger partial charge >= 0.3 is 0 Å². The monoisotopic (exact) mass is 448 g/mol. The van der Waals surface area contributed by atoms with E-state index in [1.807, 2.05) is 9.80 Å². The molecule has 2 aliphatic heterocycles. The summed E-state index contributed by atoms with van der Waals surface area (Å²) in [4.78, 5) is 31.5. The van der Waals surface area contributed by atoms with Crippen LogP contribution in [0.3, 0.4) is 0 Å². The molecule has 5 rings (SSSR count). The highest BCUT2D eigenvalue weighted by Crippen LogP contribution is 2.26. The lowest BCUT2D eigenvalue weighted by Crippen LogP contribution is -2.49. The summed E-state index contributed by atoms with van der Waals surface area (Å²) in [7, 11) is 0. The van der Waals surface area contributed by atoms with Crippen LogP contribution < -0.4 is 9.80 Å². The first kappa shape index (κ1) is 21.0. The Kier molecular flexibility index (Phi) is 5.68. The Morgan fingerprint density at radius 1 is 0.970 bits per heavy atom. The van der Waals surface area contributed by atoms with Gasteiger partial charge < -0.3 is 14.7 Å². The van der Waals surface area contributed by atoms with Crippen molar-refractivity contribution in [3.05, 3.63) is 83.2 Å². The van der Waals surface area contributed by atoms with Crippen molar-refractivity contribution in [2.75, 3.05) is 42.6 Å². The molecule has 1 amide bonds. The van der Waals surface area contributed by atoms with E-state index in [-0.39, 0.29) is 18.3 Å². The molecule has 9 heteroatoms. The van der Waals surface area contributed by atoms with Gasteiger partial charge in [-0.15, -0.1) is 0 Å². The highest BCUT2D eigenvalue weighted by molar-refractivity contribution is 5.94. The van der Waals surface area contributed by atoms with Crippen LogP contribution in [-0.2, 0) is 6.54 Å². The van der Waals surface area contributed by atoms with Crippen molar-refractivity contribution in [2.45, 2.75) is 6.54 Å². The van der Waals surface area contributed by atoms with Gasteiger partial charge in [-0.2, -0.15) is 0 Å². The van der Waals surface area contributed by atoms with Gasteiger partial charge in [0, 0.05) is 73.7 Å². The number of benzene rings is 2.